The van der Waals surface area contributed by atoms with Gasteiger partial charge in [0.15, 0.2) is 5.17 Å². The Labute approximate surface area is 208 Å². The number of nitrogens with zero attached hydrogens (tertiary/aromatic N) is 4. The molecular formula is C25H29FN4O4S. The van der Waals surface area contributed by atoms with Crippen LogP contribution in [0.2, 0.25) is 0 Å². The number of carbonyl (C=O) groups is 3. The Hall–Kier alpha value is -3.14. The molecule has 0 saturated carbocycles. The molecule has 1 aromatic rings. The van der Waals surface area contributed by atoms with E-state index in [1.165, 1.54) is 24.8 Å². The first-order chi connectivity index (χ1) is 16.7. The summed E-state index contributed by atoms with van der Waals surface area (Å²) < 4.78 is 20.6. The van der Waals surface area contributed by atoms with Gasteiger partial charge in [0.1, 0.15) is 5.82 Å². The van der Waals surface area contributed by atoms with Crippen LogP contribution in [0.15, 0.2) is 51.6 Å². The summed E-state index contributed by atoms with van der Waals surface area (Å²) >= 11 is 1.34. The molecule has 35 heavy (non-hydrogen) atoms. The van der Waals surface area contributed by atoms with Gasteiger partial charge in [0.2, 0.25) is 11.8 Å². The third-order valence-corrected chi connectivity index (χ3v) is 7.06. The first-order valence-electron chi connectivity index (χ1n) is 11.6. The van der Waals surface area contributed by atoms with Crippen LogP contribution in [0.1, 0.15) is 45.7 Å². The lowest BCUT2D eigenvalue weighted by Crippen LogP contribution is -2.50. The number of esters is 1. The van der Waals surface area contributed by atoms with E-state index in [0.717, 1.165) is 0 Å². The number of amidine groups is 1. The summed E-state index contributed by atoms with van der Waals surface area (Å²) in [5.74, 6) is -1.11. The Kier molecular flexibility index (Phi) is 7.30. The van der Waals surface area contributed by atoms with Crippen LogP contribution in [0, 0.1) is 5.82 Å². The number of fused-ring (bicyclic) bond motifs is 1. The van der Waals surface area contributed by atoms with E-state index in [4.69, 9.17) is 4.74 Å². The van der Waals surface area contributed by atoms with Crippen molar-refractivity contribution in [2.75, 3.05) is 26.2 Å². The molecule has 0 spiro atoms. The fraction of sp³-hybridized carbons (Fsp3) is 0.440. The lowest BCUT2D eigenvalue weighted by molar-refractivity contribution is -0.143. The Bertz CT molecular complexity index is 1140. The molecule has 0 aromatic heterocycles. The molecule has 0 N–H and O–H groups in total. The van der Waals surface area contributed by atoms with Crippen molar-refractivity contribution >= 4 is 34.7 Å². The van der Waals surface area contributed by atoms with Crippen LogP contribution in [0.3, 0.4) is 0 Å². The van der Waals surface area contributed by atoms with Crippen molar-refractivity contribution < 1.29 is 23.5 Å². The maximum Gasteiger partial charge on any atom is 0.338 e. The van der Waals surface area contributed by atoms with Crippen molar-refractivity contribution in [3.63, 3.8) is 0 Å². The van der Waals surface area contributed by atoms with E-state index in [9.17, 15) is 14.4 Å². The first kappa shape index (κ1) is 25.0. The molecule has 10 heteroatoms. The van der Waals surface area contributed by atoms with Gasteiger partial charge in [-0.05, 0) is 32.2 Å². The van der Waals surface area contributed by atoms with Crippen molar-refractivity contribution in [2.45, 2.75) is 46.3 Å². The largest absolute Gasteiger partial charge is 0.459 e. The highest BCUT2D eigenvalue weighted by atomic mass is 32.2. The molecule has 0 bridgehead atoms. The molecular weight excluding hydrogens is 471 g/mol. The van der Waals surface area contributed by atoms with E-state index in [0.29, 0.717) is 48.3 Å². The predicted octanol–water partition coefficient (Wildman–Crippen LogP) is 3.43. The van der Waals surface area contributed by atoms with Gasteiger partial charge in [0.05, 0.1) is 29.8 Å². The fourth-order valence-corrected chi connectivity index (χ4v) is 5.40. The van der Waals surface area contributed by atoms with E-state index in [-0.39, 0.29) is 29.9 Å². The highest BCUT2D eigenvalue weighted by Gasteiger charge is 2.42. The minimum absolute atomic E-state index is 0.00290. The second-order valence-electron chi connectivity index (χ2n) is 8.93. The number of amides is 2. The summed E-state index contributed by atoms with van der Waals surface area (Å²) in [7, 11) is 0. The number of hydrogen-bond acceptors (Lipinski definition) is 7. The predicted molar refractivity (Wildman–Crippen MR) is 131 cm³/mol. The van der Waals surface area contributed by atoms with E-state index in [2.05, 4.69) is 4.99 Å². The van der Waals surface area contributed by atoms with Crippen molar-refractivity contribution in [2.24, 2.45) is 4.99 Å². The molecule has 8 nitrogen and oxygen atoms in total. The average molecular weight is 501 g/mol. The van der Waals surface area contributed by atoms with Crippen LogP contribution in [0.4, 0.5) is 4.39 Å². The molecule has 3 heterocycles. The SMILES string of the molecule is CC(=O)N1CCN(C(=O)CC2=CSC3=NC(C)=C(C(=O)OC(C)C)[C@@H](c4ccccc4F)N23)CC1. The first-order valence-corrected chi connectivity index (χ1v) is 12.5. The summed E-state index contributed by atoms with van der Waals surface area (Å²) in [6, 6.07) is 5.50. The Morgan fingerprint density at radius 3 is 2.43 bits per heavy atom. The summed E-state index contributed by atoms with van der Waals surface area (Å²) in [4.78, 5) is 47.7. The second-order valence-corrected chi connectivity index (χ2v) is 9.77. The molecule has 1 atom stereocenters. The number of thioether (sulfide) groups is 1. The molecule has 4 rings (SSSR count). The molecule has 0 aliphatic carbocycles. The van der Waals surface area contributed by atoms with Gasteiger partial charge < -0.3 is 19.4 Å². The number of halogens is 1. The molecule has 1 aromatic carbocycles. The molecule has 3 aliphatic rings. The Morgan fingerprint density at radius 2 is 1.80 bits per heavy atom. The van der Waals surface area contributed by atoms with Gasteiger partial charge in [-0.3, -0.25) is 9.59 Å². The number of ether oxygens (including phenoxy) is 1. The Balaban J connectivity index is 1.63. The zero-order valence-corrected chi connectivity index (χ0v) is 21.1. The van der Waals surface area contributed by atoms with Crippen molar-refractivity contribution in [1.29, 1.82) is 0 Å². The second kappa shape index (κ2) is 10.2. The average Bonchev–Trinajstić information content (AvgIpc) is 3.20. The molecule has 1 saturated heterocycles. The van der Waals surface area contributed by atoms with E-state index >= 15 is 4.39 Å². The topological polar surface area (TPSA) is 82.5 Å². The number of hydrogen-bond donors (Lipinski definition) is 0. The number of benzene rings is 1. The number of allylic oxidation sites excluding steroid dienone is 1. The molecule has 1 fully saturated rings. The van der Waals surface area contributed by atoms with Crippen LogP contribution in [-0.2, 0) is 19.1 Å². The smallest absolute Gasteiger partial charge is 0.338 e. The molecule has 0 unspecified atom stereocenters. The van der Waals surface area contributed by atoms with E-state index in [1.807, 2.05) is 5.41 Å². The summed E-state index contributed by atoms with van der Waals surface area (Å²) in [5, 5.41) is 2.42. The lowest BCUT2D eigenvalue weighted by Gasteiger charge is -2.38. The van der Waals surface area contributed by atoms with Gasteiger partial charge in [-0.1, -0.05) is 30.0 Å². The Morgan fingerprint density at radius 1 is 1.14 bits per heavy atom. The third-order valence-electron chi connectivity index (χ3n) is 6.17. The van der Waals surface area contributed by atoms with Crippen molar-refractivity contribution in [3.8, 4) is 0 Å². The zero-order valence-electron chi connectivity index (χ0n) is 20.3. The van der Waals surface area contributed by atoms with Gasteiger partial charge in [0.25, 0.3) is 0 Å². The van der Waals surface area contributed by atoms with E-state index in [1.54, 1.807) is 53.7 Å². The van der Waals surface area contributed by atoms with Crippen LogP contribution in [-0.4, -0.2) is 69.9 Å². The molecule has 2 amide bonds. The van der Waals surface area contributed by atoms with Crippen LogP contribution in [0.5, 0.6) is 0 Å². The number of carbonyl (C=O) groups excluding carboxylic acids is 3. The summed E-state index contributed by atoms with van der Waals surface area (Å²) in [6.45, 7) is 8.66. The van der Waals surface area contributed by atoms with Gasteiger partial charge in [0, 0.05) is 44.4 Å². The maximum absolute atomic E-state index is 15.1. The number of piperazine rings is 1. The van der Waals surface area contributed by atoms with Crippen molar-refractivity contribution in [3.05, 3.63) is 58.0 Å². The maximum atomic E-state index is 15.1. The summed E-state index contributed by atoms with van der Waals surface area (Å²) in [6.07, 6.45) is -0.282. The monoisotopic (exact) mass is 500 g/mol. The van der Waals surface area contributed by atoms with Crippen molar-refractivity contribution in [1.82, 2.24) is 14.7 Å². The van der Waals surface area contributed by atoms with Gasteiger partial charge in [-0.2, -0.15) is 0 Å². The van der Waals surface area contributed by atoms with Gasteiger partial charge in [-0.25, -0.2) is 14.2 Å². The van der Waals surface area contributed by atoms with Crippen LogP contribution in [0.25, 0.3) is 0 Å². The summed E-state index contributed by atoms with van der Waals surface area (Å²) in [5.41, 5.74) is 1.67. The zero-order chi connectivity index (χ0) is 25.3. The standard InChI is InChI=1S/C25H29FN4O4S/c1-15(2)34-24(33)22-16(3)27-25-30(23(22)19-7-5-6-8-20(19)26)18(14-35-25)13-21(32)29-11-9-28(10-12-29)17(4)31/h5-8,14-15,23H,9-13H2,1-4H3/t23-/m1/s1. The lowest BCUT2D eigenvalue weighted by atomic mass is 9.93. The molecule has 186 valence electrons. The highest BCUT2D eigenvalue weighted by molar-refractivity contribution is 8.16. The highest BCUT2D eigenvalue weighted by Crippen LogP contribution is 2.45. The third kappa shape index (κ3) is 5.12. The molecule has 3 aliphatic heterocycles. The quantitative estimate of drug-likeness (QED) is 0.576. The number of aliphatic imine (C=N–C) groups is 1. The van der Waals surface area contributed by atoms with Gasteiger partial charge in [-0.15, -0.1) is 0 Å². The number of rotatable bonds is 5. The van der Waals surface area contributed by atoms with E-state index < -0.39 is 17.8 Å². The minimum Gasteiger partial charge on any atom is -0.459 e. The van der Waals surface area contributed by atoms with Gasteiger partial charge >= 0.3 is 5.97 Å². The van der Waals surface area contributed by atoms with Crippen LogP contribution < -0.4 is 0 Å². The minimum atomic E-state index is -0.807. The fourth-order valence-electron chi connectivity index (χ4n) is 4.44. The normalized spacial score (nSPS) is 20.1. The molecule has 0 radical (unpaired) electrons. The van der Waals surface area contributed by atoms with Crippen LogP contribution >= 0.6 is 11.8 Å².